The first-order valence-electron chi connectivity index (χ1n) is 6.30. The largest absolute Gasteiger partial charge is 0.368 e. The van der Waals surface area contributed by atoms with E-state index in [4.69, 9.17) is 5.73 Å². The number of nitrogens with two attached hydrogens (primary N) is 1. The molecule has 3 heteroatoms. The molecule has 0 amide bonds. The van der Waals surface area contributed by atoms with E-state index < -0.39 is 0 Å². The van der Waals surface area contributed by atoms with E-state index in [2.05, 4.69) is 48.9 Å². The highest BCUT2D eigenvalue weighted by Crippen LogP contribution is 2.28. The zero-order valence-electron chi connectivity index (χ0n) is 11.1. The van der Waals surface area contributed by atoms with Crippen LogP contribution in [-0.2, 0) is 0 Å². The average molecular weight is 241 g/mol. The van der Waals surface area contributed by atoms with Crippen molar-refractivity contribution >= 4 is 5.95 Å². The maximum Gasteiger partial charge on any atom is 0.219 e. The highest BCUT2D eigenvalue weighted by Gasteiger charge is 2.08. The van der Waals surface area contributed by atoms with Crippen LogP contribution in [0.3, 0.4) is 0 Å². The van der Waals surface area contributed by atoms with E-state index in [1.54, 1.807) is 12.4 Å². The number of anilines is 1. The van der Waals surface area contributed by atoms with Gasteiger partial charge in [0.15, 0.2) is 0 Å². The zero-order valence-corrected chi connectivity index (χ0v) is 11.1. The number of aryl methyl sites for hydroxylation is 1. The van der Waals surface area contributed by atoms with Gasteiger partial charge in [-0.05, 0) is 36.0 Å². The van der Waals surface area contributed by atoms with Crippen LogP contribution in [0.2, 0.25) is 0 Å². The number of hydrogen-bond donors (Lipinski definition) is 1. The lowest BCUT2D eigenvalue weighted by Crippen LogP contribution is -1.96. The molecule has 1 aromatic carbocycles. The van der Waals surface area contributed by atoms with E-state index in [0.29, 0.717) is 11.9 Å². The van der Waals surface area contributed by atoms with Crippen molar-refractivity contribution in [1.82, 2.24) is 9.97 Å². The topological polar surface area (TPSA) is 51.8 Å². The summed E-state index contributed by atoms with van der Waals surface area (Å²) in [6.07, 6.45) is 4.71. The maximum absolute atomic E-state index is 5.52. The molecule has 0 radical (unpaired) electrons. The van der Waals surface area contributed by atoms with Crippen LogP contribution < -0.4 is 5.73 Å². The lowest BCUT2D eigenvalue weighted by Gasteiger charge is -2.13. The SMILES string of the molecule is CCC(C)c1ccc(C)c(-c2cnc(N)nc2)c1. The Bertz CT molecular complexity index is 532. The summed E-state index contributed by atoms with van der Waals surface area (Å²) in [4.78, 5) is 8.12. The highest BCUT2D eigenvalue weighted by molar-refractivity contribution is 5.67. The van der Waals surface area contributed by atoms with Crippen LogP contribution in [-0.4, -0.2) is 9.97 Å². The van der Waals surface area contributed by atoms with Crippen LogP contribution in [0.1, 0.15) is 37.3 Å². The second kappa shape index (κ2) is 5.17. The van der Waals surface area contributed by atoms with Gasteiger partial charge in [0.2, 0.25) is 5.95 Å². The number of hydrogen-bond acceptors (Lipinski definition) is 3. The monoisotopic (exact) mass is 241 g/mol. The molecule has 2 rings (SSSR count). The fraction of sp³-hybridized carbons (Fsp3) is 0.333. The van der Waals surface area contributed by atoms with Gasteiger partial charge >= 0.3 is 0 Å². The third-order valence-corrected chi connectivity index (χ3v) is 3.43. The average Bonchev–Trinajstić information content (AvgIpc) is 2.39. The van der Waals surface area contributed by atoms with Gasteiger partial charge in [0.25, 0.3) is 0 Å². The van der Waals surface area contributed by atoms with Crippen LogP contribution in [0, 0.1) is 6.92 Å². The number of rotatable bonds is 3. The molecule has 0 bridgehead atoms. The van der Waals surface area contributed by atoms with Crippen molar-refractivity contribution < 1.29 is 0 Å². The third kappa shape index (κ3) is 2.50. The molecular weight excluding hydrogens is 222 g/mol. The molecule has 94 valence electrons. The van der Waals surface area contributed by atoms with E-state index in [0.717, 1.165) is 12.0 Å². The first kappa shape index (κ1) is 12.6. The molecule has 2 aromatic rings. The Kier molecular flexibility index (Phi) is 3.60. The van der Waals surface area contributed by atoms with Gasteiger partial charge in [-0.25, -0.2) is 9.97 Å². The maximum atomic E-state index is 5.52. The molecule has 1 unspecified atom stereocenters. The molecule has 1 atom stereocenters. The van der Waals surface area contributed by atoms with Crippen molar-refractivity contribution in [3.8, 4) is 11.1 Å². The van der Waals surface area contributed by atoms with E-state index in [1.807, 2.05) is 0 Å². The predicted molar refractivity (Wildman–Crippen MR) is 75.3 cm³/mol. The first-order chi connectivity index (χ1) is 8.61. The molecule has 2 N–H and O–H groups in total. The fourth-order valence-electron chi connectivity index (χ4n) is 1.97. The lowest BCUT2D eigenvalue weighted by atomic mass is 9.93. The highest BCUT2D eigenvalue weighted by atomic mass is 15.0. The minimum Gasteiger partial charge on any atom is -0.368 e. The summed E-state index contributed by atoms with van der Waals surface area (Å²) in [7, 11) is 0. The summed E-state index contributed by atoms with van der Waals surface area (Å²) >= 11 is 0. The van der Waals surface area contributed by atoms with Crippen LogP contribution in [0.4, 0.5) is 5.95 Å². The first-order valence-corrected chi connectivity index (χ1v) is 6.30. The Morgan fingerprint density at radius 3 is 2.50 bits per heavy atom. The summed E-state index contributed by atoms with van der Waals surface area (Å²) in [5, 5.41) is 0. The van der Waals surface area contributed by atoms with Crippen LogP contribution in [0.25, 0.3) is 11.1 Å². The normalized spacial score (nSPS) is 12.4. The lowest BCUT2D eigenvalue weighted by molar-refractivity contribution is 0.733. The van der Waals surface area contributed by atoms with Gasteiger partial charge in [-0.3, -0.25) is 0 Å². The molecule has 3 nitrogen and oxygen atoms in total. The summed E-state index contributed by atoms with van der Waals surface area (Å²) in [6, 6.07) is 6.59. The number of aromatic nitrogens is 2. The second-order valence-electron chi connectivity index (χ2n) is 4.71. The molecule has 1 aromatic heterocycles. The van der Waals surface area contributed by atoms with Crippen molar-refractivity contribution in [3.05, 3.63) is 41.7 Å². The molecule has 18 heavy (non-hydrogen) atoms. The molecule has 1 heterocycles. The van der Waals surface area contributed by atoms with Crippen molar-refractivity contribution in [2.45, 2.75) is 33.1 Å². The van der Waals surface area contributed by atoms with Crippen LogP contribution in [0.5, 0.6) is 0 Å². The molecule has 0 aliphatic heterocycles. The Labute approximate surface area is 108 Å². The minimum atomic E-state index is 0.314. The Hall–Kier alpha value is -1.90. The van der Waals surface area contributed by atoms with Crippen molar-refractivity contribution in [1.29, 1.82) is 0 Å². The second-order valence-corrected chi connectivity index (χ2v) is 4.71. The molecule has 0 saturated heterocycles. The number of nitrogen functional groups attached to an aromatic ring is 1. The van der Waals surface area contributed by atoms with Gasteiger partial charge < -0.3 is 5.73 Å². The molecule has 0 aliphatic rings. The number of benzene rings is 1. The molecule has 0 saturated carbocycles. The van der Waals surface area contributed by atoms with Crippen molar-refractivity contribution in [2.24, 2.45) is 0 Å². The summed E-state index contributed by atoms with van der Waals surface area (Å²) < 4.78 is 0. The van der Waals surface area contributed by atoms with Crippen LogP contribution in [0.15, 0.2) is 30.6 Å². The Morgan fingerprint density at radius 2 is 1.89 bits per heavy atom. The molecular formula is C15H19N3. The van der Waals surface area contributed by atoms with Gasteiger partial charge in [0, 0.05) is 18.0 Å². The summed E-state index contributed by atoms with van der Waals surface area (Å²) in [5.74, 6) is 0.883. The standard InChI is InChI=1S/C15H19N3/c1-4-10(2)12-6-5-11(3)14(7-12)13-8-17-15(16)18-9-13/h5-10H,4H2,1-3H3,(H2,16,17,18). The van der Waals surface area contributed by atoms with Crippen molar-refractivity contribution in [2.75, 3.05) is 5.73 Å². The smallest absolute Gasteiger partial charge is 0.219 e. The summed E-state index contributed by atoms with van der Waals surface area (Å²) in [5.41, 5.74) is 10.3. The Morgan fingerprint density at radius 1 is 1.22 bits per heavy atom. The minimum absolute atomic E-state index is 0.314. The number of nitrogens with zero attached hydrogens (tertiary/aromatic N) is 2. The van der Waals surface area contributed by atoms with E-state index >= 15 is 0 Å². The summed E-state index contributed by atoms with van der Waals surface area (Å²) in [6.45, 7) is 6.55. The van der Waals surface area contributed by atoms with E-state index in [-0.39, 0.29) is 0 Å². The fourth-order valence-corrected chi connectivity index (χ4v) is 1.97. The van der Waals surface area contributed by atoms with Crippen LogP contribution >= 0.6 is 0 Å². The van der Waals surface area contributed by atoms with Gasteiger partial charge in [-0.1, -0.05) is 32.0 Å². The Balaban J connectivity index is 2.46. The molecule has 0 fully saturated rings. The quantitative estimate of drug-likeness (QED) is 0.894. The van der Waals surface area contributed by atoms with Gasteiger partial charge in [0.1, 0.15) is 0 Å². The van der Waals surface area contributed by atoms with E-state index in [1.165, 1.54) is 16.7 Å². The predicted octanol–water partition coefficient (Wildman–Crippen LogP) is 3.55. The molecule has 0 spiro atoms. The van der Waals surface area contributed by atoms with Gasteiger partial charge in [-0.15, -0.1) is 0 Å². The third-order valence-electron chi connectivity index (χ3n) is 3.43. The van der Waals surface area contributed by atoms with E-state index in [9.17, 15) is 0 Å². The van der Waals surface area contributed by atoms with Crippen molar-refractivity contribution in [3.63, 3.8) is 0 Å². The molecule has 0 aliphatic carbocycles. The van der Waals surface area contributed by atoms with Gasteiger partial charge in [0.05, 0.1) is 0 Å². The zero-order chi connectivity index (χ0) is 13.1. The van der Waals surface area contributed by atoms with Gasteiger partial charge in [-0.2, -0.15) is 0 Å².